The van der Waals surface area contributed by atoms with Crippen LogP contribution < -0.4 is 16.6 Å². The Bertz CT molecular complexity index is 2050. The largest absolute Gasteiger partial charge is 0.377 e. The molecule has 39 heavy (non-hydrogen) atoms. The Kier molecular flexibility index (Phi) is 4.93. The second kappa shape index (κ2) is 9.13. The van der Waals surface area contributed by atoms with E-state index in [-0.39, 0.29) is 28.2 Å². The number of nitrogens with two attached hydrogens (primary N) is 1. The molecule has 0 saturated heterocycles. The van der Waals surface area contributed by atoms with Gasteiger partial charge in [-0.15, -0.1) is 10.2 Å². The van der Waals surface area contributed by atoms with Gasteiger partial charge in [-0.1, -0.05) is 17.7 Å². The minimum atomic E-state index is -2.61. The van der Waals surface area contributed by atoms with Gasteiger partial charge in [-0.3, -0.25) is 13.8 Å². The number of pyridine rings is 1. The first-order chi connectivity index (χ1) is 19.9. The molecule has 0 aliphatic heterocycles. The summed E-state index contributed by atoms with van der Waals surface area (Å²) in [5, 5.41) is 15.6. The molecule has 0 aliphatic rings. The molecule has 0 spiro atoms. The minimum Gasteiger partial charge on any atom is -0.377 e. The maximum Gasteiger partial charge on any atom is 0.261 e. The number of fused-ring (bicyclic) bond motifs is 3. The van der Waals surface area contributed by atoms with Crippen LogP contribution >= 0.6 is 11.6 Å². The Morgan fingerprint density at radius 2 is 1.95 bits per heavy atom. The van der Waals surface area contributed by atoms with Crippen LogP contribution in [0.25, 0.3) is 39.3 Å². The van der Waals surface area contributed by atoms with E-state index in [2.05, 4.69) is 40.7 Å². The van der Waals surface area contributed by atoms with Gasteiger partial charge < -0.3 is 11.1 Å². The van der Waals surface area contributed by atoms with Crippen LogP contribution in [0.3, 0.4) is 0 Å². The van der Waals surface area contributed by atoms with Crippen molar-refractivity contribution >= 4 is 39.8 Å². The predicted molar refractivity (Wildman–Crippen MR) is 147 cm³/mol. The normalized spacial score (nSPS) is 13.8. The smallest absolute Gasteiger partial charge is 0.261 e. The molecule has 0 fully saturated rings. The number of anilines is 2. The van der Waals surface area contributed by atoms with Crippen LogP contribution in [0.1, 0.15) is 28.2 Å². The SMILES string of the molecule is [2H]C([2H])([2H])n1nnc(-c2nc(Cl)ccc2NC(C)c2cc(C)cc3c(=O)n(C)c4c(-c5cnc(N)nc5)ncn4c23)n1. The molecule has 1 unspecified atom stereocenters. The highest BCUT2D eigenvalue weighted by Gasteiger charge is 2.22. The van der Waals surface area contributed by atoms with Gasteiger partial charge in [0, 0.05) is 29.1 Å². The minimum absolute atomic E-state index is 0.0151. The molecule has 1 aromatic carbocycles. The van der Waals surface area contributed by atoms with Crippen molar-refractivity contribution in [2.75, 3.05) is 11.1 Å². The lowest BCUT2D eigenvalue weighted by atomic mass is 10.0. The molecule has 13 nitrogen and oxygen atoms in total. The number of halogens is 1. The third-order valence-corrected chi connectivity index (χ3v) is 6.60. The summed E-state index contributed by atoms with van der Waals surface area (Å²) in [6.45, 7) is 1.23. The molecular formula is C25H23ClN12O. The topological polar surface area (TPSA) is 160 Å². The lowest BCUT2D eigenvalue weighted by molar-refractivity contribution is 0.630. The zero-order valence-corrected chi connectivity index (χ0v) is 21.7. The number of aromatic nitrogens is 10. The number of nitrogens with one attached hydrogen (secondary N) is 1. The summed E-state index contributed by atoms with van der Waals surface area (Å²) in [7, 11) is 1.69. The van der Waals surface area contributed by atoms with E-state index in [1.165, 1.54) is 0 Å². The molecule has 196 valence electrons. The standard InChI is InChI=1S/C25H23ClN12O/c1-12-7-15(13(2)31-17-5-6-18(26)32-20(17)22-33-35-37(4)34-22)21-16(8-12)24(39)36(3)23-19(30-11-38(21)23)14-9-28-25(27)29-10-14/h5-11,13,31H,1-4H3,(H2,27,28,29)/i4D3. The van der Waals surface area contributed by atoms with Crippen LogP contribution in [0.4, 0.5) is 11.6 Å². The van der Waals surface area contributed by atoms with Crippen LogP contribution in [-0.2, 0) is 14.0 Å². The lowest BCUT2D eigenvalue weighted by Gasteiger charge is -2.21. The first-order valence-corrected chi connectivity index (χ1v) is 12.1. The van der Waals surface area contributed by atoms with E-state index >= 15 is 0 Å². The first-order valence-electron chi connectivity index (χ1n) is 13.2. The molecule has 0 bridgehead atoms. The number of hydrogen-bond donors (Lipinski definition) is 2. The zero-order valence-electron chi connectivity index (χ0n) is 24.0. The predicted octanol–water partition coefficient (Wildman–Crippen LogP) is 2.95. The molecule has 1 atom stereocenters. The van der Waals surface area contributed by atoms with Gasteiger partial charge in [0.25, 0.3) is 5.56 Å². The molecule has 0 saturated carbocycles. The summed E-state index contributed by atoms with van der Waals surface area (Å²) in [4.78, 5) is 31.3. The fourth-order valence-corrected chi connectivity index (χ4v) is 4.83. The van der Waals surface area contributed by atoms with Crippen LogP contribution in [0.5, 0.6) is 0 Å². The fraction of sp³-hybridized carbons (Fsp3) is 0.200. The van der Waals surface area contributed by atoms with E-state index in [0.29, 0.717) is 38.3 Å². The Morgan fingerprint density at radius 1 is 1.15 bits per heavy atom. The maximum atomic E-state index is 13.7. The molecule has 0 amide bonds. The number of benzene rings is 1. The Morgan fingerprint density at radius 3 is 2.69 bits per heavy atom. The summed E-state index contributed by atoms with van der Waals surface area (Å²) in [6, 6.07) is 6.71. The van der Waals surface area contributed by atoms with Gasteiger partial charge >= 0.3 is 0 Å². The Balaban J connectivity index is 1.51. The van der Waals surface area contributed by atoms with Crippen molar-refractivity contribution in [1.82, 2.24) is 49.1 Å². The summed E-state index contributed by atoms with van der Waals surface area (Å²) in [5.41, 5.74) is 10.2. The van der Waals surface area contributed by atoms with E-state index in [1.807, 2.05) is 30.4 Å². The Labute approximate surface area is 230 Å². The number of tetrazole rings is 1. The number of nitrogen functional groups attached to an aromatic ring is 1. The van der Waals surface area contributed by atoms with Crippen LogP contribution in [0.15, 0.2) is 47.8 Å². The van der Waals surface area contributed by atoms with Crippen molar-refractivity contribution < 1.29 is 4.11 Å². The van der Waals surface area contributed by atoms with Crippen molar-refractivity contribution in [2.45, 2.75) is 19.9 Å². The third-order valence-electron chi connectivity index (χ3n) is 6.39. The van der Waals surface area contributed by atoms with Gasteiger partial charge in [-0.25, -0.2) is 19.9 Å². The number of hydrogen-bond acceptors (Lipinski definition) is 10. The van der Waals surface area contributed by atoms with E-state index in [0.717, 1.165) is 11.1 Å². The maximum absolute atomic E-state index is 13.7. The first kappa shape index (κ1) is 21.1. The van der Waals surface area contributed by atoms with Crippen molar-refractivity contribution in [1.29, 1.82) is 0 Å². The van der Waals surface area contributed by atoms with E-state index < -0.39 is 13.0 Å². The molecular weight excluding hydrogens is 520 g/mol. The second-order valence-corrected chi connectivity index (χ2v) is 9.42. The Hall–Kier alpha value is -4.91. The molecule has 6 aromatic rings. The van der Waals surface area contributed by atoms with Crippen molar-refractivity contribution in [2.24, 2.45) is 14.0 Å². The molecule has 14 heteroatoms. The van der Waals surface area contributed by atoms with Crippen LogP contribution in [0, 0.1) is 6.92 Å². The van der Waals surface area contributed by atoms with Crippen LogP contribution in [0.2, 0.25) is 5.15 Å². The average Bonchev–Trinajstić information content (AvgIpc) is 3.61. The summed E-state index contributed by atoms with van der Waals surface area (Å²) in [6.07, 6.45) is 4.77. The van der Waals surface area contributed by atoms with Gasteiger partial charge in [0.05, 0.1) is 29.6 Å². The van der Waals surface area contributed by atoms with Gasteiger partial charge in [-0.05, 0) is 48.4 Å². The quantitative estimate of drug-likeness (QED) is 0.308. The number of imidazole rings is 1. The summed E-state index contributed by atoms with van der Waals surface area (Å²) in [5.74, 6) is 0.116. The van der Waals surface area contributed by atoms with Crippen molar-refractivity contribution in [3.63, 3.8) is 0 Å². The van der Waals surface area contributed by atoms with E-state index in [9.17, 15) is 4.79 Å². The van der Waals surface area contributed by atoms with Crippen molar-refractivity contribution in [3.8, 4) is 22.8 Å². The lowest BCUT2D eigenvalue weighted by Crippen LogP contribution is -2.21. The molecule has 3 N–H and O–H groups in total. The third kappa shape index (κ3) is 4.12. The van der Waals surface area contributed by atoms with Crippen molar-refractivity contribution in [3.05, 3.63) is 69.6 Å². The average molecular weight is 546 g/mol. The van der Waals surface area contributed by atoms with Gasteiger partial charge in [0.2, 0.25) is 11.8 Å². The van der Waals surface area contributed by atoms with Gasteiger partial charge in [0.15, 0.2) is 0 Å². The zero-order chi connectivity index (χ0) is 29.9. The second-order valence-electron chi connectivity index (χ2n) is 9.03. The molecule has 5 aromatic heterocycles. The highest BCUT2D eigenvalue weighted by molar-refractivity contribution is 6.29. The monoisotopic (exact) mass is 545 g/mol. The highest BCUT2D eigenvalue weighted by Crippen LogP contribution is 2.33. The molecule has 0 aliphatic carbocycles. The molecule has 0 radical (unpaired) electrons. The summed E-state index contributed by atoms with van der Waals surface area (Å²) < 4.78 is 26.1. The van der Waals surface area contributed by atoms with Crippen LogP contribution in [-0.4, -0.2) is 49.1 Å². The van der Waals surface area contributed by atoms with Gasteiger partial charge in [-0.2, -0.15) is 4.80 Å². The number of aryl methyl sites for hydroxylation is 3. The summed E-state index contributed by atoms with van der Waals surface area (Å²) >= 11 is 6.18. The molecule has 5 heterocycles. The van der Waals surface area contributed by atoms with E-state index in [1.54, 1.807) is 42.5 Å². The fourth-order valence-electron chi connectivity index (χ4n) is 4.68. The number of rotatable bonds is 5. The molecule has 6 rings (SSSR count). The van der Waals surface area contributed by atoms with E-state index in [4.69, 9.17) is 21.4 Å². The highest BCUT2D eigenvalue weighted by atomic mass is 35.5. The number of nitrogens with zero attached hydrogens (tertiary/aromatic N) is 10. The van der Waals surface area contributed by atoms with Gasteiger partial charge in [0.1, 0.15) is 28.5 Å².